The van der Waals surface area contributed by atoms with Crippen LogP contribution in [0.2, 0.25) is 0 Å². The van der Waals surface area contributed by atoms with Crippen molar-refractivity contribution in [3.05, 3.63) is 46.4 Å². The first-order valence-corrected chi connectivity index (χ1v) is 7.49. The van der Waals surface area contributed by atoms with E-state index in [9.17, 15) is 9.59 Å². The molecule has 1 aromatic heterocycles. The maximum Gasteiger partial charge on any atom is 0.336 e. The van der Waals surface area contributed by atoms with Crippen LogP contribution < -0.4 is 5.69 Å². The number of fused-ring (bicyclic) bond motifs is 1. The zero-order valence-electron chi connectivity index (χ0n) is 12.9. The van der Waals surface area contributed by atoms with Crippen LogP contribution in [0.5, 0.6) is 0 Å². The van der Waals surface area contributed by atoms with Crippen molar-refractivity contribution >= 4 is 16.9 Å². The van der Waals surface area contributed by atoms with Crippen LogP contribution in [0.15, 0.2) is 35.1 Å². The molecule has 0 aliphatic carbocycles. The Kier molecular flexibility index (Phi) is 4.78. The Bertz CT molecular complexity index is 735. The van der Waals surface area contributed by atoms with Gasteiger partial charge in [-0.1, -0.05) is 31.9 Å². The molecule has 0 bridgehead atoms. The molecule has 0 spiro atoms. The van der Waals surface area contributed by atoms with Gasteiger partial charge in [-0.05, 0) is 44.0 Å². The summed E-state index contributed by atoms with van der Waals surface area (Å²) in [5.41, 5.74) is 2.32. The maximum absolute atomic E-state index is 12.6. The van der Waals surface area contributed by atoms with Gasteiger partial charge >= 0.3 is 5.69 Å². The highest BCUT2D eigenvalue weighted by atomic mass is 16.2. The Morgan fingerprint density at radius 3 is 2.67 bits per heavy atom. The zero-order valence-corrected chi connectivity index (χ0v) is 12.9. The summed E-state index contributed by atoms with van der Waals surface area (Å²) in [6, 6.07) is 5.80. The van der Waals surface area contributed by atoms with Crippen molar-refractivity contribution in [1.82, 2.24) is 9.13 Å². The van der Waals surface area contributed by atoms with E-state index in [2.05, 4.69) is 6.92 Å². The molecule has 0 fully saturated rings. The molecule has 0 N–H and O–H groups in total. The van der Waals surface area contributed by atoms with Gasteiger partial charge in [0.25, 0.3) is 5.91 Å². The quantitative estimate of drug-likeness (QED) is 0.623. The topological polar surface area (TPSA) is 44.0 Å². The standard InChI is InChI=1S/C17H22N2O2/c1-4-6-7-11-18-14-10-9-13(3)12-15(14)19(17(18)21)16(20)8-5-2/h5,8-10,12H,4,6-7,11H2,1-3H3. The molecule has 21 heavy (non-hydrogen) atoms. The number of benzene rings is 1. The van der Waals surface area contributed by atoms with Gasteiger partial charge in [-0.3, -0.25) is 9.36 Å². The lowest BCUT2D eigenvalue weighted by molar-refractivity contribution is 0.0968. The van der Waals surface area contributed by atoms with Gasteiger partial charge in [0.2, 0.25) is 0 Å². The number of imidazole rings is 1. The molecule has 2 rings (SSSR count). The fourth-order valence-electron chi connectivity index (χ4n) is 2.53. The molecule has 0 saturated carbocycles. The van der Waals surface area contributed by atoms with Crippen LogP contribution >= 0.6 is 0 Å². The van der Waals surface area contributed by atoms with Gasteiger partial charge in [0.05, 0.1) is 11.0 Å². The maximum atomic E-state index is 12.6. The molecule has 0 saturated heterocycles. The lowest BCUT2D eigenvalue weighted by Gasteiger charge is -2.02. The first-order chi connectivity index (χ1) is 10.1. The van der Waals surface area contributed by atoms with Crippen molar-refractivity contribution < 1.29 is 4.79 Å². The Morgan fingerprint density at radius 1 is 1.24 bits per heavy atom. The number of rotatable bonds is 5. The molecular weight excluding hydrogens is 264 g/mol. The number of carbonyl (C=O) groups excluding carboxylic acids is 1. The number of unbranched alkanes of at least 4 members (excludes halogenated alkanes) is 2. The monoisotopic (exact) mass is 286 g/mol. The Morgan fingerprint density at radius 2 is 2.00 bits per heavy atom. The van der Waals surface area contributed by atoms with Crippen molar-refractivity contribution in [2.75, 3.05) is 0 Å². The van der Waals surface area contributed by atoms with Gasteiger partial charge in [0, 0.05) is 6.54 Å². The molecule has 112 valence electrons. The number of allylic oxidation sites excluding steroid dienone is 2. The van der Waals surface area contributed by atoms with Crippen LogP contribution in [0.4, 0.5) is 0 Å². The molecule has 0 atom stereocenters. The van der Waals surface area contributed by atoms with Crippen molar-refractivity contribution in [3.63, 3.8) is 0 Å². The average molecular weight is 286 g/mol. The number of aromatic nitrogens is 2. The van der Waals surface area contributed by atoms with Crippen LogP contribution in [0.3, 0.4) is 0 Å². The normalized spacial score (nSPS) is 11.6. The van der Waals surface area contributed by atoms with E-state index < -0.39 is 0 Å². The van der Waals surface area contributed by atoms with Crippen LogP contribution in [0.1, 0.15) is 43.5 Å². The second-order valence-corrected chi connectivity index (χ2v) is 5.31. The second kappa shape index (κ2) is 6.57. The van der Waals surface area contributed by atoms with Gasteiger partial charge in [-0.2, -0.15) is 0 Å². The van der Waals surface area contributed by atoms with Crippen molar-refractivity contribution in [2.45, 2.75) is 46.6 Å². The van der Waals surface area contributed by atoms with Gasteiger partial charge in [-0.25, -0.2) is 9.36 Å². The van der Waals surface area contributed by atoms with Crippen molar-refractivity contribution in [1.29, 1.82) is 0 Å². The highest BCUT2D eigenvalue weighted by Crippen LogP contribution is 2.16. The Balaban J connectivity index is 2.61. The fraction of sp³-hybridized carbons (Fsp3) is 0.412. The summed E-state index contributed by atoms with van der Waals surface area (Å²) in [7, 11) is 0. The fourth-order valence-corrected chi connectivity index (χ4v) is 2.53. The van der Waals surface area contributed by atoms with Gasteiger partial charge in [0.15, 0.2) is 0 Å². The lowest BCUT2D eigenvalue weighted by Crippen LogP contribution is -2.28. The van der Waals surface area contributed by atoms with E-state index in [0.29, 0.717) is 12.1 Å². The molecule has 1 aromatic carbocycles. The van der Waals surface area contributed by atoms with Gasteiger partial charge in [0.1, 0.15) is 0 Å². The van der Waals surface area contributed by atoms with Crippen LogP contribution in [0, 0.1) is 6.92 Å². The summed E-state index contributed by atoms with van der Waals surface area (Å²) >= 11 is 0. The third kappa shape index (κ3) is 2.99. The predicted molar refractivity (Wildman–Crippen MR) is 85.9 cm³/mol. The number of hydrogen-bond acceptors (Lipinski definition) is 2. The summed E-state index contributed by atoms with van der Waals surface area (Å²) in [4.78, 5) is 24.8. The van der Waals surface area contributed by atoms with E-state index in [1.165, 1.54) is 10.6 Å². The molecular formula is C17H22N2O2. The third-order valence-electron chi connectivity index (χ3n) is 3.60. The molecule has 1 heterocycles. The molecule has 0 unspecified atom stereocenters. The summed E-state index contributed by atoms with van der Waals surface area (Å²) in [6.45, 7) is 6.52. The molecule has 0 amide bonds. The van der Waals surface area contributed by atoms with E-state index in [0.717, 1.165) is 30.3 Å². The van der Waals surface area contributed by atoms with E-state index in [4.69, 9.17) is 0 Å². The van der Waals surface area contributed by atoms with E-state index >= 15 is 0 Å². The highest BCUT2D eigenvalue weighted by molar-refractivity contribution is 5.97. The van der Waals surface area contributed by atoms with Crippen molar-refractivity contribution in [2.24, 2.45) is 0 Å². The van der Waals surface area contributed by atoms with Crippen LogP contribution in [0.25, 0.3) is 11.0 Å². The molecule has 0 aliphatic rings. The smallest absolute Gasteiger partial charge is 0.292 e. The first-order valence-electron chi connectivity index (χ1n) is 7.49. The predicted octanol–water partition coefficient (Wildman–Crippen LogP) is 3.52. The zero-order chi connectivity index (χ0) is 15.4. The van der Waals surface area contributed by atoms with Gasteiger partial charge < -0.3 is 0 Å². The van der Waals surface area contributed by atoms with Crippen molar-refractivity contribution in [3.8, 4) is 0 Å². The van der Waals surface area contributed by atoms with Crippen LogP contribution in [-0.4, -0.2) is 15.0 Å². The molecule has 0 radical (unpaired) electrons. The Hall–Kier alpha value is -2.10. The molecule has 2 aromatic rings. The molecule has 0 aliphatic heterocycles. The van der Waals surface area contributed by atoms with Gasteiger partial charge in [-0.15, -0.1) is 0 Å². The first kappa shape index (κ1) is 15.3. The van der Waals surface area contributed by atoms with E-state index in [1.807, 2.05) is 25.1 Å². The Labute approximate surface area is 124 Å². The number of aryl methyl sites for hydroxylation is 2. The third-order valence-corrected chi connectivity index (χ3v) is 3.60. The number of hydrogen-bond donors (Lipinski definition) is 0. The summed E-state index contributed by atoms with van der Waals surface area (Å²) in [6.07, 6.45) is 6.21. The number of nitrogens with zero attached hydrogens (tertiary/aromatic N) is 2. The SMILES string of the molecule is CC=CC(=O)n1c(=O)n(CCCCC)c2ccc(C)cc21. The molecule has 4 heteroatoms. The minimum absolute atomic E-state index is 0.241. The summed E-state index contributed by atoms with van der Waals surface area (Å²) in [5, 5.41) is 0. The summed E-state index contributed by atoms with van der Waals surface area (Å²) in [5.74, 6) is -0.285. The lowest BCUT2D eigenvalue weighted by atomic mass is 10.2. The second-order valence-electron chi connectivity index (χ2n) is 5.31. The van der Waals surface area contributed by atoms with E-state index in [-0.39, 0.29) is 11.6 Å². The minimum Gasteiger partial charge on any atom is -0.292 e. The minimum atomic E-state index is -0.285. The number of carbonyl (C=O) groups is 1. The van der Waals surface area contributed by atoms with E-state index in [1.54, 1.807) is 17.6 Å². The summed E-state index contributed by atoms with van der Waals surface area (Å²) < 4.78 is 2.99. The van der Waals surface area contributed by atoms with Crippen LogP contribution in [-0.2, 0) is 6.54 Å². The molecule has 4 nitrogen and oxygen atoms in total. The average Bonchev–Trinajstić information content (AvgIpc) is 2.71. The largest absolute Gasteiger partial charge is 0.336 e. The highest BCUT2D eigenvalue weighted by Gasteiger charge is 2.16.